The van der Waals surface area contributed by atoms with Crippen LogP contribution in [-0.2, 0) is 16.3 Å². The molecule has 0 aliphatic carbocycles. The molecule has 0 amide bonds. The number of aliphatic hydroxyl groups is 1. The first kappa shape index (κ1) is 16.0. The highest BCUT2D eigenvalue weighted by molar-refractivity contribution is 7.90. The summed E-state index contributed by atoms with van der Waals surface area (Å²) in [6.07, 6.45) is 3.27. The highest BCUT2D eigenvalue weighted by Crippen LogP contribution is 2.18. The molecule has 0 aliphatic rings. The second kappa shape index (κ2) is 7.50. The van der Waals surface area contributed by atoms with E-state index in [4.69, 9.17) is 4.74 Å². The van der Waals surface area contributed by atoms with Gasteiger partial charge in [0.1, 0.15) is 15.6 Å². The molecule has 0 saturated carbocycles. The molecule has 0 aliphatic heterocycles. The lowest BCUT2D eigenvalue weighted by Crippen LogP contribution is -2.12. The zero-order chi connectivity index (χ0) is 14.3. The fraction of sp³-hybridized carbons (Fsp3) is 0.571. The summed E-state index contributed by atoms with van der Waals surface area (Å²) in [5.74, 6) is 1.07. The number of aliphatic hydroxyl groups excluding tert-OH is 1. The van der Waals surface area contributed by atoms with E-state index in [0.717, 1.165) is 17.7 Å². The minimum absolute atomic E-state index is 0.0704. The number of benzene rings is 1. The van der Waals surface area contributed by atoms with Gasteiger partial charge in [-0.25, -0.2) is 8.42 Å². The van der Waals surface area contributed by atoms with E-state index in [-0.39, 0.29) is 18.3 Å². The van der Waals surface area contributed by atoms with E-state index in [0.29, 0.717) is 12.8 Å². The van der Waals surface area contributed by atoms with Gasteiger partial charge in [-0.15, -0.1) is 0 Å². The van der Waals surface area contributed by atoms with Crippen LogP contribution in [0.25, 0.3) is 0 Å². The van der Waals surface area contributed by atoms with Crippen molar-refractivity contribution in [2.45, 2.75) is 19.3 Å². The molecule has 0 radical (unpaired) electrons. The van der Waals surface area contributed by atoms with Crippen molar-refractivity contribution >= 4 is 9.84 Å². The zero-order valence-electron chi connectivity index (χ0n) is 11.5. The van der Waals surface area contributed by atoms with Gasteiger partial charge in [0.15, 0.2) is 0 Å². The summed E-state index contributed by atoms with van der Waals surface area (Å²) in [5.41, 5.74) is 1.10. The SMILES string of the molecule is COc1cccc(CC(CO)CCCS(C)(=O)=O)c1. The molecule has 1 aromatic carbocycles. The highest BCUT2D eigenvalue weighted by atomic mass is 32.2. The standard InChI is InChI=1S/C14H22O4S/c1-18-14-7-3-5-12(10-14)9-13(11-15)6-4-8-19(2,16)17/h3,5,7,10,13,15H,4,6,8-9,11H2,1-2H3. The van der Waals surface area contributed by atoms with Crippen LogP contribution in [0.4, 0.5) is 0 Å². The van der Waals surface area contributed by atoms with Crippen LogP contribution in [0.15, 0.2) is 24.3 Å². The fourth-order valence-corrected chi connectivity index (χ4v) is 2.72. The first-order valence-corrected chi connectivity index (χ1v) is 8.42. The van der Waals surface area contributed by atoms with Crippen molar-refractivity contribution in [3.63, 3.8) is 0 Å². The Balaban J connectivity index is 2.51. The third-order valence-corrected chi connectivity index (χ3v) is 4.07. The molecule has 0 heterocycles. The molecular formula is C14H22O4S. The topological polar surface area (TPSA) is 63.6 Å². The quantitative estimate of drug-likeness (QED) is 0.789. The van der Waals surface area contributed by atoms with Gasteiger partial charge in [-0.3, -0.25) is 0 Å². The van der Waals surface area contributed by atoms with Crippen molar-refractivity contribution < 1.29 is 18.3 Å². The minimum atomic E-state index is -2.91. The zero-order valence-corrected chi connectivity index (χ0v) is 12.3. The number of ether oxygens (including phenoxy) is 1. The first-order valence-electron chi connectivity index (χ1n) is 6.36. The average Bonchev–Trinajstić information content (AvgIpc) is 2.36. The van der Waals surface area contributed by atoms with Crippen LogP contribution in [0, 0.1) is 5.92 Å². The van der Waals surface area contributed by atoms with Crippen LogP contribution in [0.5, 0.6) is 5.75 Å². The molecule has 5 heteroatoms. The summed E-state index contributed by atoms with van der Waals surface area (Å²) in [4.78, 5) is 0. The largest absolute Gasteiger partial charge is 0.497 e. The van der Waals surface area contributed by atoms with E-state index in [1.54, 1.807) is 7.11 Å². The van der Waals surface area contributed by atoms with Crippen molar-refractivity contribution in [2.24, 2.45) is 5.92 Å². The molecule has 0 fully saturated rings. The highest BCUT2D eigenvalue weighted by Gasteiger charge is 2.11. The maximum absolute atomic E-state index is 11.1. The third kappa shape index (κ3) is 6.59. The first-order chi connectivity index (χ1) is 8.94. The van der Waals surface area contributed by atoms with Crippen LogP contribution < -0.4 is 4.74 Å². The molecule has 1 aromatic rings. The molecule has 0 saturated heterocycles. The molecule has 1 rings (SSSR count). The predicted octanol–water partition coefficient (Wildman–Crippen LogP) is 1.67. The molecular weight excluding hydrogens is 264 g/mol. The number of methoxy groups -OCH3 is 1. The van der Waals surface area contributed by atoms with Gasteiger partial charge in [0.25, 0.3) is 0 Å². The van der Waals surface area contributed by atoms with Crippen LogP contribution in [0.3, 0.4) is 0 Å². The molecule has 0 bridgehead atoms. The average molecular weight is 286 g/mol. The van der Waals surface area contributed by atoms with Gasteiger partial charge in [-0.2, -0.15) is 0 Å². The Labute approximate surface area is 115 Å². The van der Waals surface area contributed by atoms with Crippen LogP contribution in [0.2, 0.25) is 0 Å². The summed E-state index contributed by atoms with van der Waals surface area (Å²) in [6, 6.07) is 7.72. The monoisotopic (exact) mass is 286 g/mol. The lowest BCUT2D eigenvalue weighted by molar-refractivity contribution is 0.217. The van der Waals surface area contributed by atoms with Gasteiger partial charge in [-0.1, -0.05) is 12.1 Å². The van der Waals surface area contributed by atoms with Crippen molar-refractivity contribution in [1.82, 2.24) is 0 Å². The van der Waals surface area contributed by atoms with Gasteiger partial charge in [0.2, 0.25) is 0 Å². The summed E-state index contributed by atoms with van der Waals surface area (Å²) in [7, 11) is -1.29. The number of rotatable bonds is 8. The van der Waals surface area contributed by atoms with E-state index in [1.165, 1.54) is 6.26 Å². The Bertz CT molecular complexity index is 482. The molecule has 1 N–H and O–H groups in total. The normalized spacial score (nSPS) is 13.2. The lowest BCUT2D eigenvalue weighted by atomic mass is 9.96. The fourth-order valence-electron chi connectivity index (χ4n) is 2.02. The van der Waals surface area contributed by atoms with E-state index in [9.17, 15) is 13.5 Å². The summed E-state index contributed by atoms with van der Waals surface area (Å²) in [6.45, 7) is 0.0704. The maximum atomic E-state index is 11.1. The van der Waals surface area contributed by atoms with E-state index in [2.05, 4.69) is 0 Å². The number of hydrogen-bond donors (Lipinski definition) is 1. The predicted molar refractivity (Wildman–Crippen MR) is 76.2 cm³/mol. The Morgan fingerprint density at radius 2 is 2.11 bits per heavy atom. The van der Waals surface area contributed by atoms with E-state index < -0.39 is 9.84 Å². The van der Waals surface area contributed by atoms with Gasteiger partial charge in [0, 0.05) is 18.6 Å². The molecule has 1 unspecified atom stereocenters. The Kier molecular flexibility index (Phi) is 6.31. The van der Waals surface area contributed by atoms with Crippen LogP contribution >= 0.6 is 0 Å². The molecule has 0 spiro atoms. The molecule has 1 atom stereocenters. The summed E-state index contributed by atoms with van der Waals surface area (Å²) < 4.78 is 27.3. The van der Waals surface area contributed by atoms with Crippen LogP contribution in [0.1, 0.15) is 18.4 Å². The van der Waals surface area contributed by atoms with Gasteiger partial charge < -0.3 is 9.84 Å². The Hall–Kier alpha value is -1.07. The van der Waals surface area contributed by atoms with Crippen molar-refractivity contribution in [3.05, 3.63) is 29.8 Å². The van der Waals surface area contributed by atoms with Crippen molar-refractivity contribution in [1.29, 1.82) is 0 Å². The molecule has 4 nitrogen and oxygen atoms in total. The van der Waals surface area contributed by atoms with Gasteiger partial charge in [-0.05, 0) is 42.9 Å². The summed E-state index contributed by atoms with van der Waals surface area (Å²) >= 11 is 0. The van der Waals surface area contributed by atoms with Crippen LogP contribution in [-0.4, -0.2) is 39.2 Å². The molecule has 108 valence electrons. The van der Waals surface area contributed by atoms with E-state index in [1.807, 2.05) is 24.3 Å². The lowest BCUT2D eigenvalue weighted by Gasteiger charge is -2.14. The molecule has 0 aromatic heterocycles. The van der Waals surface area contributed by atoms with E-state index >= 15 is 0 Å². The maximum Gasteiger partial charge on any atom is 0.147 e. The Morgan fingerprint density at radius 3 is 2.68 bits per heavy atom. The smallest absolute Gasteiger partial charge is 0.147 e. The number of sulfone groups is 1. The Morgan fingerprint density at radius 1 is 1.37 bits per heavy atom. The van der Waals surface area contributed by atoms with Crippen molar-refractivity contribution in [2.75, 3.05) is 25.7 Å². The summed E-state index contributed by atoms with van der Waals surface area (Å²) in [5, 5.41) is 9.36. The number of hydrogen-bond acceptors (Lipinski definition) is 4. The minimum Gasteiger partial charge on any atom is -0.497 e. The second-order valence-electron chi connectivity index (χ2n) is 4.88. The second-order valence-corrected chi connectivity index (χ2v) is 7.14. The van der Waals surface area contributed by atoms with Gasteiger partial charge in [0.05, 0.1) is 7.11 Å². The molecule has 19 heavy (non-hydrogen) atoms. The van der Waals surface area contributed by atoms with Crippen molar-refractivity contribution in [3.8, 4) is 5.75 Å². The van der Waals surface area contributed by atoms with Gasteiger partial charge >= 0.3 is 0 Å². The third-order valence-electron chi connectivity index (χ3n) is 3.04.